The molecule has 0 N–H and O–H groups in total. The molecular weight excluding hydrogens is 385 g/mol. The largest absolute Gasteiger partial charge is 0.416 e. The molecule has 5 rings (SSSR count). The van der Waals surface area contributed by atoms with E-state index in [1.165, 1.54) is 12.1 Å². The van der Waals surface area contributed by atoms with E-state index in [2.05, 4.69) is 24.3 Å². The van der Waals surface area contributed by atoms with Crippen molar-refractivity contribution >= 4 is 21.7 Å². The molecule has 5 heteroatoms. The molecule has 0 fully saturated rings. The minimum absolute atomic E-state index is 0.392. The number of hydrogen-bond donors (Lipinski definition) is 0. The monoisotopic (exact) mass is 402 g/mol. The van der Waals surface area contributed by atoms with Gasteiger partial charge in [-0.1, -0.05) is 72.8 Å². The lowest BCUT2D eigenvalue weighted by atomic mass is 10.0. The van der Waals surface area contributed by atoms with Gasteiger partial charge in [0.05, 0.1) is 17.6 Å². The lowest BCUT2D eigenvalue weighted by Gasteiger charge is -2.08. The quantitative estimate of drug-likeness (QED) is 0.320. The summed E-state index contributed by atoms with van der Waals surface area (Å²) in [7, 11) is 0. The SMILES string of the molecule is FC(F)(F)c1ccc(Cn2nc(-c3cccc4ccccc34)c3ccccc32)cc1. The number of fused-ring (bicyclic) bond motifs is 2. The first-order chi connectivity index (χ1) is 14.5. The van der Waals surface area contributed by atoms with Gasteiger partial charge in [-0.05, 0) is 34.5 Å². The molecule has 0 atom stereocenters. The van der Waals surface area contributed by atoms with Gasteiger partial charge in [-0.15, -0.1) is 0 Å². The molecule has 0 aliphatic carbocycles. The summed E-state index contributed by atoms with van der Waals surface area (Å²) in [5.41, 5.74) is 2.97. The number of rotatable bonds is 3. The summed E-state index contributed by atoms with van der Waals surface area (Å²) < 4.78 is 40.4. The van der Waals surface area contributed by atoms with E-state index in [4.69, 9.17) is 5.10 Å². The van der Waals surface area contributed by atoms with Crippen LogP contribution in [0, 0.1) is 0 Å². The van der Waals surface area contributed by atoms with E-state index in [0.717, 1.165) is 50.6 Å². The highest BCUT2D eigenvalue weighted by atomic mass is 19.4. The van der Waals surface area contributed by atoms with Crippen LogP contribution in [0.4, 0.5) is 13.2 Å². The van der Waals surface area contributed by atoms with Crippen molar-refractivity contribution in [2.24, 2.45) is 0 Å². The second-order valence-corrected chi connectivity index (χ2v) is 7.24. The van der Waals surface area contributed by atoms with Crippen LogP contribution in [-0.4, -0.2) is 9.78 Å². The lowest BCUT2D eigenvalue weighted by Crippen LogP contribution is -2.06. The zero-order valence-corrected chi connectivity index (χ0v) is 15.9. The molecule has 0 bridgehead atoms. The van der Waals surface area contributed by atoms with Crippen molar-refractivity contribution in [3.63, 3.8) is 0 Å². The van der Waals surface area contributed by atoms with Crippen LogP contribution in [0.2, 0.25) is 0 Å². The molecule has 0 radical (unpaired) electrons. The van der Waals surface area contributed by atoms with Crippen molar-refractivity contribution in [3.05, 3.63) is 102 Å². The zero-order chi connectivity index (χ0) is 20.7. The second kappa shape index (κ2) is 7.02. The predicted molar refractivity (Wildman–Crippen MR) is 113 cm³/mol. The average molecular weight is 402 g/mol. The molecule has 4 aromatic carbocycles. The molecule has 0 aliphatic heterocycles. The summed E-state index contributed by atoms with van der Waals surface area (Å²) in [4.78, 5) is 0. The van der Waals surface area contributed by atoms with Gasteiger partial charge in [0.25, 0.3) is 0 Å². The summed E-state index contributed by atoms with van der Waals surface area (Å²) in [6.07, 6.45) is -4.33. The third-order valence-corrected chi connectivity index (χ3v) is 5.32. The van der Waals surface area contributed by atoms with E-state index >= 15 is 0 Å². The molecule has 1 heterocycles. The van der Waals surface area contributed by atoms with Gasteiger partial charge in [0.1, 0.15) is 5.69 Å². The van der Waals surface area contributed by atoms with E-state index in [9.17, 15) is 13.2 Å². The van der Waals surface area contributed by atoms with Crippen LogP contribution in [0.25, 0.3) is 32.9 Å². The van der Waals surface area contributed by atoms with Crippen molar-refractivity contribution in [1.29, 1.82) is 0 Å². The summed E-state index contributed by atoms with van der Waals surface area (Å²) >= 11 is 0. The number of benzene rings is 4. The first-order valence-electron chi connectivity index (χ1n) is 9.60. The standard InChI is InChI=1S/C25H17F3N2/c26-25(27,28)19-14-12-17(13-15-19)16-30-23-11-4-3-9-22(23)24(29-30)21-10-5-7-18-6-1-2-8-20(18)21/h1-15H,16H2. The molecule has 1 aromatic heterocycles. The molecule has 0 unspecified atom stereocenters. The topological polar surface area (TPSA) is 17.8 Å². The summed E-state index contributed by atoms with van der Waals surface area (Å²) in [6.45, 7) is 0.392. The molecular formula is C25H17F3N2. The summed E-state index contributed by atoms with van der Waals surface area (Å²) in [6, 6.07) is 27.5. The zero-order valence-electron chi connectivity index (χ0n) is 15.9. The third-order valence-electron chi connectivity index (χ3n) is 5.32. The van der Waals surface area contributed by atoms with Crippen LogP contribution in [0.1, 0.15) is 11.1 Å². The Bertz CT molecular complexity index is 1340. The van der Waals surface area contributed by atoms with Crippen molar-refractivity contribution in [2.45, 2.75) is 12.7 Å². The van der Waals surface area contributed by atoms with Crippen molar-refractivity contribution in [2.75, 3.05) is 0 Å². The van der Waals surface area contributed by atoms with Gasteiger partial charge in [-0.2, -0.15) is 18.3 Å². The number of nitrogens with zero attached hydrogens (tertiary/aromatic N) is 2. The number of halogens is 3. The number of alkyl halides is 3. The fourth-order valence-corrected chi connectivity index (χ4v) is 3.85. The number of para-hydroxylation sites is 1. The highest BCUT2D eigenvalue weighted by Gasteiger charge is 2.30. The Morgan fingerprint density at radius 1 is 0.700 bits per heavy atom. The van der Waals surface area contributed by atoms with Crippen LogP contribution in [-0.2, 0) is 12.7 Å². The molecule has 0 amide bonds. The van der Waals surface area contributed by atoms with E-state index < -0.39 is 11.7 Å². The molecule has 30 heavy (non-hydrogen) atoms. The lowest BCUT2D eigenvalue weighted by molar-refractivity contribution is -0.137. The molecule has 0 saturated heterocycles. The fourth-order valence-electron chi connectivity index (χ4n) is 3.85. The van der Waals surface area contributed by atoms with Crippen LogP contribution < -0.4 is 0 Å². The van der Waals surface area contributed by atoms with Gasteiger partial charge < -0.3 is 0 Å². The van der Waals surface area contributed by atoms with Crippen molar-refractivity contribution < 1.29 is 13.2 Å². The maximum Gasteiger partial charge on any atom is 0.416 e. The van der Waals surface area contributed by atoms with Crippen LogP contribution in [0.15, 0.2) is 91.0 Å². The molecule has 0 aliphatic rings. The Morgan fingerprint density at radius 2 is 1.37 bits per heavy atom. The van der Waals surface area contributed by atoms with Gasteiger partial charge in [-0.3, -0.25) is 4.68 Å². The van der Waals surface area contributed by atoms with Crippen LogP contribution in [0.5, 0.6) is 0 Å². The summed E-state index contributed by atoms with van der Waals surface area (Å²) in [5.74, 6) is 0. The van der Waals surface area contributed by atoms with Crippen LogP contribution in [0.3, 0.4) is 0 Å². The number of hydrogen-bond acceptors (Lipinski definition) is 1. The van der Waals surface area contributed by atoms with Gasteiger partial charge in [0.15, 0.2) is 0 Å². The maximum absolute atomic E-state index is 12.9. The van der Waals surface area contributed by atoms with Crippen LogP contribution >= 0.6 is 0 Å². The van der Waals surface area contributed by atoms with E-state index in [-0.39, 0.29) is 0 Å². The predicted octanol–water partition coefficient (Wildman–Crippen LogP) is 6.92. The van der Waals surface area contributed by atoms with Gasteiger partial charge in [0, 0.05) is 10.9 Å². The minimum atomic E-state index is -4.33. The molecule has 148 valence electrons. The highest BCUT2D eigenvalue weighted by molar-refractivity contribution is 6.03. The Kier molecular flexibility index (Phi) is 4.31. The van der Waals surface area contributed by atoms with Gasteiger partial charge in [0.2, 0.25) is 0 Å². The normalized spacial score (nSPS) is 12.0. The first kappa shape index (κ1) is 18.4. The fraction of sp³-hybridized carbons (Fsp3) is 0.0800. The van der Waals surface area contributed by atoms with E-state index in [1.54, 1.807) is 0 Å². The van der Waals surface area contributed by atoms with Gasteiger partial charge in [-0.25, -0.2) is 0 Å². The second-order valence-electron chi connectivity index (χ2n) is 7.24. The molecule has 5 aromatic rings. The maximum atomic E-state index is 12.9. The Morgan fingerprint density at radius 3 is 2.13 bits per heavy atom. The molecule has 0 spiro atoms. The Hall–Kier alpha value is -3.60. The average Bonchev–Trinajstić information content (AvgIpc) is 3.11. The Labute approximate surface area is 171 Å². The smallest absolute Gasteiger partial charge is 0.260 e. The Balaban J connectivity index is 1.61. The van der Waals surface area contributed by atoms with E-state index in [0.29, 0.717) is 6.54 Å². The van der Waals surface area contributed by atoms with Crippen molar-refractivity contribution in [1.82, 2.24) is 9.78 Å². The molecule has 0 saturated carbocycles. The minimum Gasteiger partial charge on any atom is -0.260 e. The van der Waals surface area contributed by atoms with Gasteiger partial charge >= 0.3 is 6.18 Å². The first-order valence-corrected chi connectivity index (χ1v) is 9.60. The third kappa shape index (κ3) is 3.22. The van der Waals surface area contributed by atoms with E-state index in [1.807, 2.05) is 47.1 Å². The van der Waals surface area contributed by atoms with Crippen molar-refractivity contribution in [3.8, 4) is 11.3 Å². The highest BCUT2D eigenvalue weighted by Crippen LogP contribution is 2.34. The molecule has 2 nitrogen and oxygen atoms in total. The summed E-state index contributed by atoms with van der Waals surface area (Å²) in [5, 5.41) is 8.14. The number of aromatic nitrogens is 2.